The quantitative estimate of drug-likeness (QED) is 0.457. The van der Waals surface area contributed by atoms with Gasteiger partial charge in [-0.2, -0.15) is 5.26 Å². The second kappa shape index (κ2) is 8.99. The first kappa shape index (κ1) is 17.9. The minimum absolute atomic E-state index is 0.137. The fourth-order valence-electron chi connectivity index (χ4n) is 2.05. The Morgan fingerprint density at radius 1 is 1.04 bits per heavy atom. The molecule has 6 nitrogen and oxygen atoms in total. The fraction of sp³-hybridized carbons (Fsp3) is 0.158. The van der Waals surface area contributed by atoms with E-state index in [2.05, 4.69) is 10.6 Å². The summed E-state index contributed by atoms with van der Waals surface area (Å²) in [6.45, 7) is 1.87. The number of rotatable bonds is 7. The number of carbonyl (C=O) groups is 1. The molecule has 2 aromatic rings. The van der Waals surface area contributed by atoms with Gasteiger partial charge in [0, 0.05) is 11.4 Å². The van der Waals surface area contributed by atoms with Crippen LogP contribution < -0.4 is 15.4 Å². The summed E-state index contributed by atoms with van der Waals surface area (Å²) >= 11 is 0. The summed E-state index contributed by atoms with van der Waals surface area (Å²) < 4.78 is 10.1. The van der Waals surface area contributed by atoms with Gasteiger partial charge in [0.05, 0.1) is 13.7 Å². The van der Waals surface area contributed by atoms with Crippen LogP contribution in [0.2, 0.25) is 0 Å². The van der Waals surface area contributed by atoms with Crippen molar-refractivity contribution in [3.8, 4) is 11.8 Å². The van der Waals surface area contributed by atoms with Gasteiger partial charge in [-0.3, -0.25) is 0 Å². The highest BCUT2D eigenvalue weighted by Gasteiger charge is 2.17. The first-order chi connectivity index (χ1) is 12.2. The van der Waals surface area contributed by atoms with E-state index >= 15 is 0 Å². The fourth-order valence-corrected chi connectivity index (χ4v) is 2.05. The molecule has 2 rings (SSSR count). The largest absolute Gasteiger partial charge is 0.497 e. The Balaban J connectivity index is 2.36. The molecule has 0 aliphatic heterocycles. The van der Waals surface area contributed by atoms with Crippen molar-refractivity contribution in [2.24, 2.45) is 0 Å². The number of ether oxygens (including phenoxy) is 2. The monoisotopic (exact) mass is 337 g/mol. The molecule has 128 valence electrons. The Morgan fingerprint density at radius 2 is 1.64 bits per heavy atom. The van der Waals surface area contributed by atoms with Crippen LogP contribution in [-0.4, -0.2) is 19.7 Å². The van der Waals surface area contributed by atoms with Crippen molar-refractivity contribution in [3.05, 3.63) is 66.0 Å². The lowest BCUT2D eigenvalue weighted by Gasteiger charge is -2.15. The second-order valence-electron chi connectivity index (χ2n) is 4.93. The molecule has 25 heavy (non-hydrogen) atoms. The second-order valence-corrected chi connectivity index (χ2v) is 4.93. The van der Waals surface area contributed by atoms with E-state index in [1.807, 2.05) is 36.4 Å². The number of para-hydroxylation sites is 1. The number of nitrogens with zero attached hydrogens (tertiary/aromatic N) is 1. The van der Waals surface area contributed by atoms with Crippen molar-refractivity contribution >= 4 is 17.3 Å². The zero-order chi connectivity index (χ0) is 18.1. The van der Waals surface area contributed by atoms with Gasteiger partial charge in [0.15, 0.2) is 5.57 Å². The van der Waals surface area contributed by atoms with Crippen molar-refractivity contribution in [1.82, 2.24) is 0 Å². The van der Waals surface area contributed by atoms with Crippen LogP contribution in [0.25, 0.3) is 0 Å². The van der Waals surface area contributed by atoms with Gasteiger partial charge in [-0.05, 0) is 43.3 Å². The molecular weight excluding hydrogens is 318 g/mol. The molecule has 0 spiro atoms. The Bertz CT molecular complexity index is 778. The van der Waals surface area contributed by atoms with E-state index in [1.54, 1.807) is 38.3 Å². The van der Waals surface area contributed by atoms with Crippen molar-refractivity contribution < 1.29 is 14.3 Å². The number of hydrogen-bond donors (Lipinski definition) is 2. The third kappa shape index (κ3) is 5.01. The number of benzene rings is 2. The zero-order valence-electron chi connectivity index (χ0n) is 14.1. The van der Waals surface area contributed by atoms with Gasteiger partial charge >= 0.3 is 5.97 Å². The third-order valence-corrected chi connectivity index (χ3v) is 3.24. The Labute approximate surface area is 146 Å². The maximum absolute atomic E-state index is 12.1. The molecule has 0 amide bonds. The van der Waals surface area contributed by atoms with Crippen LogP contribution >= 0.6 is 0 Å². The van der Waals surface area contributed by atoms with E-state index in [-0.39, 0.29) is 18.0 Å². The molecule has 0 unspecified atom stereocenters. The van der Waals surface area contributed by atoms with Crippen molar-refractivity contribution in [2.45, 2.75) is 6.92 Å². The van der Waals surface area contributed by atoms with Gasteiger partial charge in [-0.25, -0.2) is 4.79 Å². The van der Waals surface area contributed by atoms with Gasteiger partial charge in [-0.1, -0.05) is 18.2 Å². The van der Waals surface area contributed by atoms with Crippen LogP contribution in [0.15, 0.2) is 66.0 Å². The van der Waals surface area contributed by atoms with Gasteiger partial charge in [-0.15, -0.1) is 0 Å². The highest BCUT2D eigenvalue weighted by atomic mass is 16.5. The van der Waals surface area contributed by atoms with Crippen LogP contribution in [-0.2, 0) is 9.53 Å². The molecule has 2 N–H and O–H groups in total. The summed E-state index contributed by atoms with van der Waals surface area (Å²) in [6, 6.07) is 18.3. The molecule has 0 saturated carbocycles. The molecule has 2 aromatic carbocycles. The van der Waals surface area contributed by atoms with E-state index in [1.165, 1.54) is 0 Å². The Hall–Kier alpha value is -3.46. The summed E-state index contributed by atoms with van der Waals surface area (Å²) in [4.78, 5) is 12.1. The highest BCUT2D eigenvalue weighted by Crippen LogP contribution is 2.19. The average molecular weight is 337 g/mol. The topological polar surface area (TPSA) is 83.4 Å². The van der Waals surface area contributed by atoms with E-state index in [4.69, 9.17) is 9.47 Å². The van der Waals surface area contributed by atoms with Crippen molar-refractivity contribution in [1.29, 1.82) is 5.26 Å². The van der Waals surface area contributed by atoms with Crippen molar-refractivity contribution in [3.63, 3.8) is 0 Å². The van der Waals surface area contributed by atoms with Crippen LogP contribution in [0.1, 0.15) is 6.92 Å². The highest BCUT2D eigenvalue weighted by molar-refractivity contribution is 5.95. The lowest BCUT2D eigenvalue weighted by molar-refractivity contribution is -0.138. The van der Waals surface area contributed by atoms with E-state index in [0.29, 0.717) is 11.4 Å². The summed E-state index contributed by atoms with van der Waals surface area (Å²) in [5.41, 5.74) is 1.29. The molecule has 0 fully saturated rings. The lowest BCUT2D eigenvalue weighted by Crippen LogP contribution is -2.18. The summed E-state index contributed by atoms with van der Waals surface area (Å²) in [7, 11) is 1.58. The third-order valence-electron chi connectivity index (χ3n) is 3.24. The van der Waals surface area contributed by atoms with Crippen molar-refractivity contribution in [2.75, 3.05) is 24.4 Å². The number of nitrogens with one attached hydrogen (secondary N) is 2. The summed E-state index contributed by atoms with van der Waals surface area (Å²) in [5.74, 6) is 0.264. The Morgan fingerprint density at radius 3 is 2.16 bits per heavy atom. The summed E-state index contributed by atoms with van der Waals surface area (Å²) in [5, 5.41) is 15.5. The number of methoxy groups -OCH3 is 1. The molecule has 0 radical (unpaired) electrons. The standard InChI is InChI=1S/C19H19N3O3/c1-3-25-19(23)17(13-20)18(21-14-7-5-4-6-8-14)22-15-9-11-16(24-2)12-10-15/h4-12,21-22H,3H2,1-2H3/b18-17-. The SMILES string of the molecule is CCOC(=O)/C(C#N)=C(/Nc1ccccc1)Nc1ccc(OC)cc1. The lowest BCUT2D eigenvalue weighted by atomic mass is 10.2. The number of anilines is 2. The molecular formula is C19H19N3O3. The zero-order valence-corrected chi connectivity index (χ0v) is 14.1. The number of carbonyl (C=O) groups excluding carboxylic acids is 1. The first-order valence-electron chi connectivity index (χ1n) is 7.72. The molecule has 0 aliphatic rings. The maximum atomic E-state index is 12.1. The van der Waals surface area contributed by atoms with E-state index in [9.17, 15) is 10.1 Å². The number of nitriles is 1. The predicted molar refractivity (Wildman–Crippen MR) is 96.0 cm³/mol. The van der Waals surface area contributed by atoms with Crippen LogP contribution in [0.3, 0.4) is 0 Å². The van der Waals surface area contributed by atoms with Gasteiger partial charge in [0.2, 0.25) is 0 Å². The van der Waals surface area contributed by atoms with Gasteiger partial charge in [0.1, 0.15) is 17.6 Å². The molecule has 0 bridgehead atoms. The van der Waals surface area contributed by atoms with Crippen LogP contribution in [0.5, 0.6) is 5.75 Å². The first-order valence-corrected chi connectivity index (χ1v) is 7.72. The van der Waals surface area contributed by atoms with Crippen LogP contribution in [0.4, 0.5) is 11.4 Å². The molecule has 0 atom stereocenters. The van der Waals surface area contributed by atoms with Gasteiger partial charge in [0.25, 0.3) is 0 Å². The molecule has 6 heteroatoms. The molecule has 0 heterocycles. The minimum Gasteiger partial charge on any atom is -0.497 e. The maximum Gasteiger partial charge on any atom is 0.352 e. The van der Waals surface area contributed by atoms with E-state index in [0.717, 1.165) is 5.69 Å². The molecule has 0 aliphatic carbocycles. The molecule has 0 aromatic heterocycles. The smallest absolute Gasteiger partial charge is 0.352 e. The van der Waals surface area contributed by atoms with Gasteiger partial charge < -0.3 is 20.1 Å². The van der Waals surface area contributed by atoms with E-state index < -0.39 is 5.97 Å². The predicted octanol–water partition coefficient (Wildman–Crippen LogP) is 3.52. The number of hydrogen-bond acceptors (Lipinski definition) is 6. The average Bonchev–Trinajstić information content (AvgIpc) is 2.64. The normalized spacial score (nSPS) is 10.9. The Kier molecular flexibility index (Phi) is 6.43. The molecule has 0 saturated heterocycles. The summed E-state index contributed by atoms with van der Waals surface area (Å²) in [6.07, 6.45) is 0. The number of esters is 1. The minimum atomic E-state index is -0.690. The van der Waals surface area contributed by atoms with Crippen LogP contribution in [0, 0.1) is 11.3 Å².